The van der Waals surface area contributed by atoms with Gasteiger partial charge in [-0.25, -0.2) is 12.7 Å². The molecule has 2 aromatic rings. The van der Waals surface area contributed by atoms with Crippen molar-refractivity contribution in [2.24, 2.45) is 0 Å². The Morgan fingerprint density at radius 3 is 2.21 bits per heavy atom. The smallest absolute Gasteiger partial charge is 0.246 e. The van der Waals surface area contributed by atoms with Crippen LogP contribution in [0.4, 0.5) is 17.1 Å². The maximum absolute atomic E-state index is 12.7. The molecule has 0 saturated heterocycles. The van der Waals surface area contributed by atoms with Crippen molar-refractivity contribution in [1.29, 1.82) is 0 Å². The number of hydrogen-bond donors (Lipinski definition) is 2. The van der Waals surface area contributed by atoms with E-state index in [4.69, 9.17) is 0 Å². The molecule has 2 N–H and O–H groups in total. The summed E-state index contributed by atoms with van der Waals surface area (Å²) in [4.78, 5) is 14.6. The average Bonchev–Trinajstić information content (AvgIpc) is 2.68. The topological polar surface area (TPSA) is 81.8 Å². The van der Waals surface area contributed by atoms with Crippen molar-refractivity contribution in [1.82, 2.24) is 4.31 Å². The van der Waals surface area contributed by atoms with Crippen LogP contribution in [-0.4, -0.2) is 52.4 Å². The fourth-order valence-corrected chi connectivity index (χ4v) is 3.69. The summed E-state index contributed by atoms with van der Waals surface area (Å²) in [5, 5.41) is 6.28. The van der Waals surface area contributed by atoms with Crippen molar-refractivity contribution < 1.29 is 13.2 Å². The Balaban J connectivity index is 2.25. The van der Waals surface area contributed by atoms with Crippen molar-refractivity contribution in [3.63, 3.8) is 0 Å². The third-order valence-electron chi connectivity index (χ3n) is 4.25. The summed E-state index contributed by atoms with van der Waals surface area (Å²) in [6.07, 6.45) is 0. The van der Waals surface area contributed by atoms with E-state index in [0.29, 0.717) is 18.8 Å². The Morgan fingerprint density at radius 2 is 1.64 bits per heavy atom. The standard InChI is InChI=1S/C20H28N4O3S/c1-5-21-18-13-12-17(28(26,27)23(3)4)14-19(18)22-15-20(25)24(6-2)16-10-8-7-9-11-16/h7-14,21-22H,5-6,15H2,1-4H3. The second kappa shape index (κ2) is 9.57. The first-order chi connectivity index (χ1) is 13.3. The number of amides is 1. The summed E-state index contributed by atoms with van der Waals surface area (Å²) in [5.41, 5.74) is 2.14. The van der Waals surface area contributed by atoms with Crippen LogP contribution in [0.2, 0.25) is 0 Å². The lowest BCUT2D eigenvalue weighted by molar-refractivity contribution is -0.116. The number of carbonyl (C=O) groups is 1. The van der Waals surface area contributed by atoms with Gasteiger partial charge in [0.1, 0.15) is 0 Å². The zero-order valence-electron chi connectivity index (χ0n) is 16.8. The van der Waals surface area contributed by atoms with E-state index >= 15 is 0 Å². The molecule has 152 valence electrons. The minimum Gasteiger partial charge on any atom is -0.384 e. The molecule has 0 unspecified atom stereocenters. The van der Waals surface area contributed by atoms with Gasteiger partial charge in [0.15, 0.2) is 0 Å². The first-order valence-electron chi connectivity index (χ1n) is 9.21. The predicted molar refractivity (Wildman–Crippen MR) is 114 cm³/mol. The maximum Gasteiger partial charge on any atom is 0.246 e. The lowest BCUT2D eigenvalue weighted by atomic mass is 10.2. The highest BCUT2D eigenvalue weighted by Crippen LogP contribution is 2.27. The number of rotatable bonds is 9. The molecule has 1 amide bonds. The van der Waals surface area contributed by atoms with Gasteiger partial charge >= 0.3 is 0 Å². The molecule has 0 aliphatic rings. The number of hydrogen-bond acceptors (Lipinski definition) is 5. The minimum absolute atomic E-state index is 0.0482. The lowest BCUT2D eigenvalue weighted by Crippen LogP contribution is -2.35. The number of sulfonamides is 1. The quantitative estimate of drug-likeness (QED) is 0.672. The van der Waals surface area contributed by atoms with Crippen molar-refractivity contribution >= 4 is 33.0 Å². The van der Waals surface area contributed by atoms with Crippen LogP contribution >= 0.6 is 0 Å². The summed E-state index contributed by atoms with van der Waals surface area (Å²) in [5.74, 6) is -0.1000. The molecule has 2 aromatic carbocycles. The van der Waals surface area contributed by atoms with Crippen LogP contribution < -0.4 is 15.5 Å². The first-order valence-corrected chi connectivity index (χ1v) is 10.6. The van der Waals surface area contributed by atoms with Crippen molar-refractivity contribution in [3.8, 4) is 0 Å². The van der Waals surface area contributed by atoms with Gasteiger partial charge in [0.05, 0.1) is 22.8 Å². The van der Waals surface area contributed by atoms with Gasteiger partial charge in [-0.05, 0) is 44.2 Å². The van der Waals surface area contributed by atoms with Gasteiger partial charge in [0, 0.05) is 32.9 Å². The third kappa shape index (κ3) is 5.02. The fraction of sp³-hybridized carbons (Fsp3) is 0.350. The summed E-state index contributed by atoms with van der Waals surface area (Å²) in [6, 6.07) is 14.3. The summed E-state index contributed by atoms with van der Waals surface area (Å²) in [6.45, 7) is 5.13. The minimum atomic E-state index is -3.56. The summed E-state index contributed by atoms with van der Waals surface area (Å²) >= 11 is 0. The normalized spacial score (nSPS) is 11.3. The van der Waals surface area contributed by atoms with Crippen LogP contribution in [0.1, 0.15) is 13.8 Å². The zero-order chi connectivity index (χ0) is 20.7. The van der Waals surface area contributed by atoms with Gasteiger partial charge in [-0.2, -0.15) is 0 Å². The van der Waals surface area contributed by atoms with Crippen LogP contribution in [0.25, 0.3) is 0 Å². The molecular weight excluding hydrogens is 376 g/mol. The number of likely N-dealkylation sites (N-methyl/N-ethyl adjacent to an activating group) is 1. The maximum atomic E-state index is 12.7. The van der Waals surface area contributed by atoms with Gasteiger partial charge in [-0.15, -0.1) is 0 Å². The van der Waals surface area contributed by atoms with E-state index in [1.165, 1.54) is 18.4 Å². The number of benzene rings is 2. The van der Waals surface area contributed by atoms with Crippen LogP contribution in [0.3, 0.4) is 0 Å². The van der Waals surface area contributed by atoms with E-state index in [9.17, 15) is 13.2 Å². The van der Waals surface area contributed by atoms with Crippen molar-refractivity contribution in [2.75, 3.05) is 49.3 Å². The van der Waals surface area contributed by atoms with Gasteiger partial charge in [-0.1, -0.05) is 18.2 Å². The van der Waals surface area contributed by atoms with Crippen LogP contribution in [0.5, 0.6) is 0 Å². The SMILES string of the molecule is CCNc1ccc(S(=O)(=O)N(C)C)cc1NCC(=O)N(CC)c1ccccc1. The zero-order valence-corrected chi connectivity index (χ0v) is 17.6. The average molecular weight is 405 g/mol. The highest BCUT2D eigenvalue weighted by Gasteiger charge is 2.20. The molecule has 0 bridgehead atoms. The molecule has 0 atom stereocenters. The molecule has 0 fully saturated rings. The Bertz CT molecular complexity index is 899. The predicted octanol–water partition coefficient (Wildman–Crippen LogP) is 2.83. The summed E-state index contributed by atoms with van der Waals surface area (Å²) in [7, 11) is -0.585. The highest BCUT2D eigenvalue weighted by atomic mass is 32.2. The fourth-order valence-electron chi connectivity index (χ4n) is 2.76. The van der Waals surface area contributed by atoms with Crippen molar-refractivity contribution in [2.45, 2.75) is 18.7 Å². The van der Waals surface area contributed by atoms with E-state index in [-0.39, 0.29) is 17.3 Å². The van der Waals surface area contributed by atoms with E-state index < -0.39 is 10.0 Å². The lowest BCUT2D eigenvalue weighted by Gasteiger charge is -2.22. The molecule has 0 radical (unpaired) electrons. The van der Waals surface area contributed by atoms with Crippen LogP contribution in [-0.2, 0) is 14.8 Å². The molecule has 2 rings (SSSR count). The van der Waals surface area contributed by atoms with E-state index in [1.54, 1.807) is 23.1 Å². The van der Waals surface area contributed by atoms with Crippen LogP contribution in [0.15, 0.2) is 53.4 Å². The second-order valence-electron chi connectivity index (χ2n) is 6.35. The molecule has 28 heavy (non-hydrogen) atoms. The molecule has 0 aliphatic carbocycles. The highest BCUT2D eigenvalue weighted by molar-refractivity contribution is 7.89. The van der Waals surface area contributed by atoms with Gasteiger partial charge in [-0.3, -0.25) is 4.79 Å². The van der Waals surface area contributed by atoms with Gasteiger partial charge in [0.2, 0.25) is 15.9 Å². The molecule has 0 spiro atoms. The Labute approximate surface area is 167 Å². The largest absolute Gasteiger partial charge is 0.384 e. The molecule has 0 aliphatic heterocycles. The Hall–Kier alpha value is -2.58. The first kappa shape index (κ1) is 21.7. The number of nitrogens with zero attached hydrogens (tertiary/aromatic N) is 2. The van der Waals surface area contributed by atoms with Gasteiger partial charge < -0.3 is 15.5 Å². The second-order valence-corrected chi connectivity index (χ2v) is 8.50. The van der Waals surface area contributed by atoms with E-state index in [2.05, 4.69) is 10.6 Å². The Morgan fingerprint density at radius 1 is 0.964 bits per heavy atom. The molecular formula is C20H28N4O3S. The number of nitrogens with one attached hydrogen (secondary N) is 2. The number of carbonyl (C=O) groups excluding carboxylic acids is 1. The molecule has 7 nitrogen and oxygen atoms in total. The Kier molecular flexibility index (Phi) is 7.42. The molecule has 0 aromatic heterocycles. The number of para-hydroxylation sites is 1. The van der Waals surface area contributed by atoms with Gasteiger partial charge in [0.25, 0.3) is 0 Å². The van der Waals surface area contributed by atoms with Crippen molar-refractivity contribution in [3.05, 3.63) is 48.5 Å². The van der Waals surface area contributed by atoms with Crippen LogP contribution in [0, 0.1) is 0 Å². The molecule has 8 heteroatoms. The molecule has 0 saturated carbocycles. The number of anilines is 3. The third-order valence-corrected chi connectivity index (χ3v) is 6.06. The van der Waals surface area contributed by atoms with E-state index in [1.807, 2.05) is 44.2 Å². The van der Waals surface area contributed by atoms with E-state index in [0.717, 1.165) is 11.4 Å². The monoisotopic (exact) mass is 404 g/mol. The summed E-state index contributed by atoms with van der Waals surface area (Å²) < 4.78 is 26.0. The molecule has 0 heterocycles.